The summed E-state index contributed by atoms with van der Waals surface area (Å²) in [6.45, 7) is 4.66. The van der Waals surface area contributed by atoms with E-state index >= 15 is 0 Å². The van der Waals surface area contributed by atoms with E-state index in [-0.39, 0.29) is 6.61 Å². The largest absolute Gasteiger partial charge is 0.392 e. The van der Waals surface area contributed by atoms with E-state index in [9.17, 15) is 5.11 Å². The first-order valence-electron chi connectivity index (χ1n) is 5.28. The third kappa shape index (κ3) is 2.18. The summed E-state index contributed by atoms with van der Waals surface area (Å²) >= 11 is 0. The van der Waals surface area contributed by atoms with Crippen molar-refractivity contribution in [1.29, 1.82) is 0 Å². The van der Waals surface area contributed by atoms with E-state index in [2.05, 4.69) is 16.5 Å². The number of aromatic nitrogens is 1. The zero-order valence-electron chi connectivity index (χ0n) is 8.76. The fraction of sp³-hybridized carbons (Fsp3) is 0.417. The Bertz CT molecular complexity index is 347. The van der Waals surface area contributed by atoms with Crippen molar-refractivity contribution in [2.45, 2.75) is 25.5 Å². The molecule has 0 aliphatic heterocycles. The van der Waals surface area contributed by atoms with Crippen molar-refractivity contribution in [2.75, 3.05) is 11.4 Å². The first-order chi connectivity index (χ1) is 7.36. The van der Waals surface area contributed by atoms with Gasteiger partial charge in [-0.05, 0) is 18.9 Å². The molecule has 1 aliphatic carbocycles. The molecule has 3 heteroatoms. The summed E-state index contributed by atoms with van der Waals surface area (Å²) in [7, 11) is 0. The number of hydrogen-bond acceptors (Lipinski definition) is 3. The summed E-state index contributed by atoms with van der Waals surface area (Å²) in [6, 6.07) is 2.48. The van der Waals surface area contributed by atoms with Crippen LogP contribution < -0.4 is 4.90 Å². The number of aliphatic hydroxyl groups excluding tert-OH is 1. The second kappa shape index (κ2) is 4.45. The molecule has 0 aromatic carbocycles. The average Bonchev–Trinajstić information content (AvgIpc) is 3.10. The highest BCUT2D eigenvalue weighted by atomic mass is 16.3. The van der Waals surface area contributed by atoms with Crippen molar-refractivity contribution in [3.05, 3.63) is 36.7 Å². The first-order valence-corrected chi connectivity index (χ1v) is 5.28. The molecule has 0 radical (unpaired) electrons. The molecule has 1 saturated carbocycles. The lowest BCUT2D eigenvalue weighted by molar-refractivity contribution is 0.282. The molecule has 15 heavy (non-hydrogen) atoms. The van der Waals surface area contributed by atoms with E-state index in [0.717, 1.165) is 17.8 Å². The monoisotopic (exact) mass is 204 g/mol. The molecule has 1 aromatic heterocycles. The van der Waals surface area contributed by atoms with Crippen molar-refractivity contribution < 1.29 is 5.11 Å². The van der Waals surface area contributed by atoms with Gasteiger partial charge in [0.05, 0.1) is 18.5 Å². The maximum Gasteiger partial charge on any atom is 0.0703 e. The Morgan fingerprint density at radius 3 is 3.00 bits per heavy atom. The quantitative estimate of drug-likeness (QED) is 0.742. The molecule has 0 saturated heterocycles. The molecule has 80 valence electrons. The van der Waals surface area contributed by atoms with Crippen LogP contribution in [0.5, 0.6) is 0 Å². The molecule has 1 aliphatic rings. The highest BCUT2D eigenvalue weighted by molar-refractivity contribution is 5.53. The Balaban J connectivity index is 2.27. The lowest BCUT2D eigenvalue weighted by atomic mass is 10.2. The van der Waals surface area contributed by atoms with Gasteiger partial charge in [0, 0.05) is 24.3 Å². The molecule has 3 nitrogen and oxygen atoms in total. The van der Waals surface area contributed by atoms with Gasteiger partial charge < -0.3 is 10.0 Å². The number of hydrogen-bond donors (Lipinski definition) is 1. The molecular weight excluding hydrogens is 188 g/mol. The summed E-state index contributed by atoms with van der Waals surface area (Å²) in [5, 5.41) is 9.26. The molecule has 2 rings (SSSR count). The van der Waals surface area contributed by atoms with E-state index in [0.29, 0.717) is 6.04 Å². The first kappa shape index (κ1) is 10.2. The van der Waals surface area contributed by atoms with Gasteiger partial charge in [-0.25, -0.2) is 0 Å². The molecule has 0 unspecified atom stereocenters. The summed E-state index contributed by atoms with van der Waals surface area (Å²) < 4.78 is 0. The third-order valence-corrected chi connectivity index (χ3v) is 2.68. The van der Waals surface area contributed by atoms with Crippen molar-refractivity contribution in [2.24, 2.45) is 0 Å². The maximum absolute atomic E-state index is 9.26. The van der Waals surface area contributed by atoms with Gasteiger partial charge in [-0.15, -0.1) is 6.58 Å². The normalized spacial score (nSPS) is 15.0. The van der Waals surface area contributed by atoms with Gasteiger partial charge in [0.15, 0.2) is 0 Å². The zero-order chi connectivity index (χ0) is 10.7. The predicted octanol–water partition coefficient (Wildman–Crippen LogP) is 1.73. The molecule has 0 atom stereocenters. The van der Waals surface area contributed by atoms with Crippen LogP contribution in [0.2, 0.25) is 0 Å². The smallest absolute Gasteiger partial charge is 0.0703 e. The minimum Gasteiger partial charge on any atom is -0.392 e. The van der Waals surface area contributed by atoms with E-state index in [4.69, 9.17) is 0 Å². The molecule has 0 bridgehead atoms. The average molecular weight is 204 g/mol. The Labute approximate surface area is 90.1 Å². The molecule has 0 amide bonds. The van der Waals surface area contributed by atoms with Crippen LogP contribution in [0.1, 0.15) is 18.4 Å². The minimum atomic E-state index is 0.0677. The van der Waals surface area contributed by atoms with Crippen LogP contribution >= 0.6 is 0 Å². The van der Waals surface area contributed by atoms with Crippen molar-refractivity contribution >= 4 is 5.69 Å². The zero-order valence-corrected chi connectivity index (χ0v) is 8.76. The number of anilines is 1. The van der Waals surface area contributed by atoms with Crippen LogP contribution in [0.25, 0.3) is 0 Å². The van der Waals surface area contributed by atoms with Gasteiger partial charge in [0.25, 0.3) is 0 Å². The number of aliphatic hydroxyl groups is 1. The molecule has 1 fully saturated rings. The fourth-order valence-electron chi connectivity index (χ4n) is 1.78. The summed E-state index contributed by atoms with van der Waals surface area (Å²) in [6.07, 6.45) is 7.90. The highest BCUT2D eigenvalue weighted by Gasteiger charge is 2.29. The van der Waals surface area contributed by atoms with Crippen LogP contribution in [0, 0.1) is 0 Å². The molecule has 1 aromatic rings. The SMILES string of the molecule is C=CCN(c1cnccc1CO)C1CC1. The predicted molar refractivity (Wildman–Crippen MR) is 60.7 cm³/mol. The third-order valence-electron chi connectivity index (χ3n) is 2.68. The van der Waals surface area contributed by atoms with Gasteiger partial charge >= 0.3 is 0 Å². The van der Waals surface area contributed by atoms with Crippen molar-refractivity contribution in [3.63, 3.8) is 0 Å². The lowest BCUT2D eigenvalue weighted by Gasteiger charge is -2.24. The van der Waals surface area contributed by atoms with Gasteiger partial charge in [-0.3, -0.25) is 4.98 Å². The topological polar surface area (TPSA) is 36.4 Å². The Hall–Kier alpha value is -1.35. The van der Waals surface area contributed by atoms with Crippen molar-refractivity contribution in [3.8, 4) is 0 Å². The van der Waals surface area contributed by atoms with Gasteiger partial charge in [-0.2, -0.15) is 0 Å². The van der Waals surface area contributed by atoms with E-state index in [1.807, 2.05) is 18.3 Å². The molecule has 0 spiro atoms. The Kier molecular flexibility index (Phi) is 3.02. The number of nitrogens with zero attached hydrogens (tertiary/aromatic N) is 2. The maximum atomic E-state index is 9.26. The molecule has 1 heterocycles. The van der Waals surface area contributed by atoms with Gasteiger partial charge in [-0.1, -0.05) is 6.08 Å². The molecular formula is C12H16N2O. The fourth-order valence-corrected chi connectivity index (χ4v) is 1.78. The summed E-state index contributed by atoms with van der Waals surface area (Å²) in [5.41, 5.74) is 1.99. The Morgan fingerprint density at radius 1 is 1.60 bits per heavy atom. The minimum absolute atomic E-state index is 0.0677. The number of pyridine rings is 1. The summed E-state index contributed by atoms with van der Waals surface area (Å²) in [5.74, 6) is 0. The lowest BCUT2D eigenvalue weighted by Crippen LogP contribution is -2.26. The van der Waals surface area contributed by atoms with Crippen LogP contribution in [0.3, 0.4) is 0 Å². The van der Waals surface area contributed by atoms with E-state index in [1.54, 1.807) is 6.20 Å². The number of rotatable bonds is 5. The van der Waals surface area contributed by atoms with Crippen LogP contribution in [-0.4, -0.2) is 22.7 Å². The van der Waals surface area contributed by atoms with Crippen LogP contribution in [0.4, 0.5) is 5.69 Å². The second-order valence-corrected chi connectivity index (χ2v) is 3.83. The van der Waals surface area contributed by atoms with Crippen LogP contribution in [-0.2, 0) is 6.61 Å². The van der Waals surface area contributed by atoms with Gasteiger partial charge in [0.1, 0.15) is 0 Å². The second-order valence-electron chi connectivity index (χ2n) is 3.83. The standard InChI is InChI=1S/C12H16N2O/c1-2-7-14(11-3-4-11)12-8-13-6-5-10(12)9-15/h2,5-6,8,11,15H,1,3-4,7,9H2. The van der Waals surface area contributed by atoms with Gasteiger partial charge in [0.2, 0.25) is 0 Å². The van der Waals surface area contributed by atoms with Crippen molar-refractivity contribution in [1.82, 2.24) is 4.98 Å². The van der Waals surface area contributed by atoms with E-state index < -0.39 is 0 Å². The highest BCUT2D eigenvalue weighted by Crippen LogP contribution is 2.32. The summed E-state index contributed by atoms with van der Waals surface area (Å²) in [4.78, 5) is 6.39. The van der Waals surface area contributed by atoms with E-state index in [1.165, 1.54) is 12.8 Å². The van der Waals surface area contributed by atoms with Crippen LogP contribution in [0.15, 0.2) is 31.1 Å². The molecule has 1 N–H and O–H groups in total. The Morgan fingerprint density at radius 2 is 2.40 bits per heavy atom.